The summed E-state index contributed by atoms with van der Waals surface area (Å²) in [7, 11) is -1.61. The van der Waals surface area contributed by atoms with Crippen molar-refractivity contribution in [2.75, 3.05) is 31.6 Å². The van der Waals surface area contributed by atoms with Crippen molar-refractivity contribution >= 4 is 28.7 Å². The summed E-state index contributed by atoms with van der Waals surface area (Å²) in [6.07, 6.45) is -1.33. The number of carbonyl (C=O) groups excluding carboxylic acids is 2. The maximum Gasteiger partial charge on any atom is 0.407 e. The number of ether oxygens (including phenoxy) is 3. The molecule has 2 aromatic rings. The molecule has 2 amide bonds. The molecule has 3 aliphatic heterocycles. The fraction of sp³-hybridized carbons (Fsp3) is 0.500. The second-order valence-corrected chi connectivity index (χ2v) is 13.7. The van der Waals surface area contributed by atoms with Crippen LogP contribution in [0.3, 0.4) is 0 Å². The maximum atomic E-state index is 13.8. The first-order chi connectivity index (χ1) is 20.5. The minimum atomic E-state index is -1.61. The van der Waals surface area contributed by atoms with Gasteiger partial charge in [-0.25, -0.2) is 13.3 Å². The number of benzene rings is 2. The quantitative estimate of drug-likeness (QED) is 0.355. The molecule has 2 saturated heterocycles. The third-order valence-electron chi connectivity index (χ3n) is 8.38. The molecule has 11 heteroatoms. The Hall–Kier alpha value is -3.25. The number of anilines is 1. The Balaban J connectivity index is 1.31. The first kappa shape index (κ1) is 31.2. The van der Waals surface area contributed by atoms with Gasteiger partial charge in [-0.3, -0.25) is 4.79 Å². The average Bonchev–Trinajstić information content (AvgIpc) is 3.50. The van der Waals surface area contributed by atoms with E-state index in [9.17, 15) is 18.9 Å². The lowest BCUT2D eigenvalue weighted by molar-refractivity contribution is -0.115. The molecule has 43 heavy (non-hydrogen) atoms. The van der Waals surface area contributed by atoms with E-state index in [-0.39, 0.29) is 37.5 Å². The van der Waals surface area contributed by atoms with Crippen molar-refractivity contribution in [2.24, 2.45) is 11.3 Å². The fourth-order valence-electron chi connectivity index (χ4n) is 6.01. The van der Waals surface area contributed by atoms with E-state index in [1.54, 1.807) is 22.5 Å². The molecule has 5 rings (SSSR count). The Morgan fingerprint density at radius 1 is 1.26 bits per heavy atom. The first-order valence-electron chi connectivity index (χ1n) is 14.8. The van der Waals surface area contributed by atoms with Crippen LogP contribution < -0.4 is 10.6 Å². The number of amides is 2. The standard InChI is InChI=1S/C32H41N3O7S/c1-20(2)17-35(43(39)24-10-11-25-23(15-24)16-29(37)33-25)18-27(36)26(14-22-8-6-5-7-9-22)34-31(38)42-28-19-41-30-21(3)40-13-12-32(28,30)4/h5-11,15,20,26-28,30,36H,3,12-14,16-19H2,1-2,4H3,(H,33,37)(H,34,38)/t26-,27+,28?,30?,32-,43+/m0/s1. The number of nitrogens with one attached hydrogen (secondary N) is 2. The van der Waals surface area contributed by atoms with Crippen LogP contribution in [0.1, 0.15) is 38.3 Å². The van der Waals surface area contributed by atoms with E-state index < -0.39 is 40.7 Å². The summed E-state index contributed by atoms with van der Waals surface area (Å²) < 4.78 is 32.9. The molecular formula is C32H41N3O7S. The molecule has 0 bridgehead atoms. The predicted octanol–water partition coefficient (Wildman–Crippen LogP) is 3.57. The van der Waals surface area contributed by atoms with Crippen molar-refractivity contribution in [1.29, 1.82) is 0 Å². The highest BCUT2D eigenvalue weighted by Crippen LogP contribution is 2.45. The van der Waals surface area contributed by atoms with Gasteiger partial charge in [-0.15, -0.1) is 0 Å². The molecule has 3 N–H and O–H groups in total. The van der Waals surface area contributed by atoms with Gasteiger partial charge in [-0.1, -0.05) is 57.7 Å². The largest absolute Gasteiger partial charge is 0.496 e. The second-order valence-electron chi connectivity index (χ2n) is 12.2. The van der Waals surface area contributed by atoms with Crippen LogP contribution in [0.5, 0.6) is 0 Å². The molecule has 0 spiro atoms. The molecule has 2 unspecified atom stereocenters. The van der Waals surface area contributed by atoms with Crippen molar-refractivity contribution in [3.05, 3.63) is 72.0 Å². The van der Waals surface area contributed by atoms with Crippen molar-refractivity contribution in [1.82, 2.24) is 9.62 Å². The SMILES string of the molecule is C=C1OCC[C@@]2(C)C(OC(=O)N[C@@H](Cc3ccccc3)[C@H](O)CN(CC(C)C)[S@](=O)c3ccc4c(c3)CC(=O)N4)COC12. The highest BCUT2D eigenvalue weighted by atomic mass is 32.2. The van der Waals surface area contributed by atoms with Crippen LogP contribution in [0.2, 0.25) is 0 Å². The van der Waals surface area contributed by atoms with E-state index in [4.69, 9.17) is 14.2 Å². The van der Waals surface area contributed by atoms with Crippen molar-refractivity contribution in [2.45, 2.75) is 69.3 Å². The Labute approximate surface area is 255 Å². The number of aliphatic hydroxyl groups is 1. The summed E-state index contributed by atoms with van der Waals surface area (Å²) in [5, 5.41) is 17.3. The van der Waals surface area contributed by atoms with E-state index in [1.165, 1.54) is 0 Å². The number of alkyl carbamates (subject to hydrolysis) is 1. The van der Waals surface area contributed by atoms with Crippen molar-refractivity contribution < 1.29 is 33.1 Å². The Morgan fingerprint density at radius 2 is 2.02 bits per heavy atom. The van der Waals surface area contributed by atoms with Gasteiger partial charge in [0, 0.05) is 24.2 Å². The molecule has 232 valence electrons. The van der Waals surface area contributed by atoms with E-state index in [0.717, 1.165) is 16.8 Å². The zero-order valence-electron chi connectivity index (χ0n) is 24.9. The Morgan fingerprint density at radius 3 is 2.77 bits per heavy atom. The van der Waals surface area contributed by atoms with Crippen molar-refractivity contribution in [3.8, 4) is 0 Å². The van der Waals surface area contributed by atoms with Gasteiger partial charge in [0.25, 0.3) is 0 Å². The monoisotopic (exact) mass is 611 g/mol. The molecule has 0 saturated carbocycles. The lowest BCUT2D eigenvalue weighted by Crippen LogP contribution is -2.52. The highest BCUT2D eigenvalue weighted by Gasteiger charge is 2.54. The first-order valence-corrected chi connectivity index (χ1v) is 15.9. The summed E-state index contributed by atoms with van der Waals surface area (Å²) in [6.45, 7) is 11.2. The summed E-state index contributed by atoms with van der Waals surface area (Å²) in [6, 6.07) is 14.1. The van der Waals surface area contributed by atoms with Gasteiger partial charge in [-0.2, -0.15) is 0 Å². The summed E-state index contributed by atoms with van der Waals surface area (Å²) in [4.78, 5) is 25.7. The van der Waals surface area contributed by atoms with Crippen LogP contribution in [0.15, 0.2) is 65.8 Å². The van der Waals surface area contributed by atoms with E-state index in [2.05, 4.69) is 17.2 Å². The molecule has 3 aliphatic rings. The number of fused-ring (bicyclic) bond motifs is 2. The molecule has 6 atom stereocenters. The van der Waals surface area contributed by atoms with Gasteiger partial charge < -0.3 is 30.0 Å². The zero-order chi connectivity index (χ0) is 30.7. The summed E-state index contributed by atoms with van der Waals surface area (Å²) in [5.41, 5.74) is 1.99. The van der Waals surface area contributed by atoms with E-state index in [0.29, 0.717) is 36.6 Å². The predicted molar refractivity (Wildman–Crippen MR) is 162 cm³/mol. The number of hydrogen-bond acceptors (Lipinski definition) is 7. The lowest BCUT2D eigenvalue weighted by atomic mass is 9.76. The fourth-order valence-corrected chi connectivity index (χ4v) is 7.46. The average molecular weight is 612 g/mol. The van der Waals surface area contributed by atoms with Crippen LogP contribution in [0, 0.1) is 11.3 Å². The van der Waals surface area contributed by atoms with Gasteiger partial charge in [0.15, 0.2) is 0 Å². The normalized spacial score (nSPS) is 25.0. The van der Waals surface area contributed by atoms with Crippen LogP contribution in [-0.2, 0) is 42.8 Å². The number of rotatable bonds is 11. The van der Waals surface area contributed by atoms with E-state index in [1.807, 2.05) is 51.1 Å². The Bertz CT molecular complexity index is 1370. The van der Waals surface area contributed by atoms with Gasteiger partial charge in [0.2, 0.25) is 5.91 Å². The summed E-state index contributed by atoms with van der Waals surface area (Å²) >= 11 is 0. The van der Waals surface area contributed by atoms with Crippen LogP contribution in [-0.4, -0.2) is 76.3 Å². The molecule has 0 aromatic heterocycles. The minimum absolute atomic E-state index is 0.0420. The van der Waals surface area contributed by atoms with Gasteiger partial charge in [0.05, 0.1) is 36.7 Å². The van der Waals surface area contributed by atoms with Crippen LogP contribution in [0.25, 0.3) is 0 Å². The number of aliphatic hydroxyl groups excluding tert-OH is 1. The highest BCUT2D eigenvalue weighted by molar-refractivity contribution is 7.82. The zero-order valence-corrected chi connectivity index (χ0v) is 25.7. The maximum absolute atomic E-state index is 13.8. The number of hydrogen-bond donors (Lipinski definition) is 3. The smallest absolute Gasteiger partial charge is 0.407 e. The minimum Gasteiger partial charge on any atom is -0.496 e. The van der Waals surface area contributed by atoms with Crippen molar-refractivity contribution in [3.63, 3.8) is 0 Å². The second kappa shape index (κ2) is 13.2. The third-order valence-corrected chi connectivity index (χ3v) is 9.81. The Kier molecular flexibility index (Phi) is 9.55. The van der Waals surface area contributed by atoms with E-state index >= 15 is 0 Å². The number of carbonyl (C=O) groups is 2. The molecule has 0 radical (unpaired) electrons. The van der Waals surface area contributed by atoms with Gasteiger partial charge >= 0.3 is 6.09 Å². The molecule has 3 heterocycles. The van der Waals surface area contributed by atoms with Crippen LogP contribution >= 0.6 is 0 Å². The molecule has 2 fully saturated rings. The van der Waals surface area contributed by atoms with Crippen LogP contribution in [0.4, 0.5) is 10.5 Å². The third kappa shape index (κ3) is 7.12. The number of nitrogens with zero attached hydrogens (tertiary/aromatic N) is 1. The molecule has 2 aromatic carbocycles. The molecular weight excluding hydrogens is 570 g/mol. The summed E-state index contributed by atoms with van der Waals surface area (Å²) in [5.74, 6) is 0.608. The molecule has 0 aliphatic carbocycles. The topological polar surface area (TPSA) is 126 Å². The lowest BCUT2D eigenvalue weighted by Gasteiger charge is -2.38. The molecule has 10 nitrogen and oxygen atoms in total. The van der Waals surface area contributed by atoms with Gasteiger partial charge in [0.1, 0.15) is 29.0 Å². The van der Waals surface area contributed by atoms with Gasteiger partial charge in [-0.05, 0) is 48.1 Å².